The fourth-order valence-electron chi connectivity index (χ4n) is 2.38. The van der Waals surface area contributed by atoms with E-state index in [1.54, 1.807) is 6.92 Å². The third-order valence-electron chi connectivity index (χ3n) is 3.21. The molecule has 1 aliphatic rings. The van der Waals surface area contributed by atoms with Crippen LogP contribution < -0.4 is 0 Å². The van der Waals surface area contributed by atoms with Crippen LogP contribution in [0, 0.1) is 5.41 Å². The van der Waals surface area contributed by atoms with Crippen molar-refractivity contribution < 1.29 is 9.53 Å². The fraction of sp³-hybridized carbons (Fsp3) is 0.923. The molecule has 0 spiro atoms. The first-order chi connectivity index (χ1) is 7.12. The number of carbonyl (C=O) groups is 1. The number of hydrogen-bond acceptors (Lipinski definition) is 3. The third-order valence-corrected chi connectivity index (χ3v) is 3.21. The summed E-state index contributed by atoms with van der Waals surface area (Å²) in [6.07, 6.45) is 0.242. The minimum Gasteiger partial charge on any atom is -0.370 e. The Morgan fingerprint density at radius 2 is 2.06 bits per heavy atom. The van der Waals surface area contributed by atoms with Gasteiger partial charge in [-0.15, -0.1) is 0 Å². The number of hydrogen-bond donors (Lipinski definition) is 0. The van der Waals surface area contributed by atoms with Crippen molar-refractivity contribution in [2.75, 3.05) is 19.6 Å². The van der Waals surface area contributed by atoms with Gasteiger partial charge >= 0.3 is 0 Å². The Balaban J connectivity index is 2.64. The Hall–Kier alpha value is -0.410. The first kappa shape index (κ1) is 13.7. The molecule has 0 aromatic rings. The van der Waals surface area contributed by atoms with Crippen LogP contribution in [0.4, 0.5) is 0 Å². The molecule has 1 saturated heterocycles. The van der Waals surface area contributed by atoms with Crippen LogP contribution in [0.25, 0.3) is 0 Å². The van der Waals surface area contributed by atoms with E-state index in [0.717, 1.165) is 19.6 Å². The predicted molar refractivity (Wildman–Crippen MR) is 65.5 cm³/mol. The van der Waals surface area contributed by atoms with Crippen LogP contribution in [0.15, 0.2) is 0 Å². The molecule has 0 aliphatic carbocycles. The Morgan fingerprint density at radius 3 is 2.50 bits per heavy atom. The second-order valence-corrected chi connectivity index (χ2v) is 6.30. The number of ketones is 1. The maximum atomic E-state index is 11.5. The van der Waals surface area contributed by atoms with Gasteiger partial charge in [-0.2, -0.15) is 0 Å². The normalized spacial score (nSPS) is 26.8. The molecule has 1 heterocycles. The van der Waals surface area contributed by atoms with E-state index in [9.17, 15) is 4.79 Å². The minimum absolute atomic E-state index is 0.107. The lowest BCUT2D eigenvalue weighted by molar-refractivity contribution is -0.141. The highest BCUT2D eigenvalue weighted by Crippen LogP contribution is 2.25. The average molecular weight is 227 g/mol. The number of ether oxygens (including phenoxy) is 1. The van der Waals surface area contributed by atoms with Crippen molar-refractivity contribution >= 4 is 5.78 Å². The molecule has 3 heteroatoms. The number of carbonyl (C=O) groups excluding carboxylic acids is 1. The topological polar surface area (TPSA) is 29.5 Å². The van der Waals surface area contributed by atoms with Gasteiger partial charge in [-0.05, 0) is 27.7 Å². The second kappa shape index (κ2) is 4.46. The lowest BCUT2D eigenvalue weighted by Gasteiger charge is -2.44. The molecule has 16 heavy (non-hydrogen) atoms. The Morgan fingerprint density at radius 1 is 1.50 bits per heavy atom. The first-order valence-electron chi connectivity index (χ1n) is 6.04. The van der Waals surface area contributed by atoms with Crippen molar-refractivity contribution in [3.05, 3.63) is 0 Å². The highest BCUT2D eigenvalue weighted by Gasteiger charge is 2.35. The maximum absolute atomic E-state index is 11.5. The van der Waals surface area contributed by atoms with E-state index in [1.165, 1.54) is 0 Å². The molecule has 0 aromatic heterocycles. The van der Waals surface area contributed by atoms with Gasteiger partial charge in [0.1, 0.15) is 5.78 Å². The molecular weight excluding hydrogens is 202 g/mol. The van der Waals surface area contributed by atoms with Gasteiger partial charge in [0.15, 0.2) is 0 Å². The highest BCUT2D eigenvalue weighted by molar-refractivity contribution is 5.81. The zero-order valence-electron chi connectivity index (χ0n) is 11.5. The van der Waals surface area contributed by atoms with Crippen LogP contribution in [0.5, 0.6) is 0 Å². The standard InChI is InChI=1S/C13H25NO2/c1-10-7-14(9-13(5,6)16-10)8-12(3,4)11(2)15/h10H,7-9H2,1-6H3. The van der Waals surface area contributed by atoms with E-state index in [1.807, 2.05) is 13.8 Å². The molecule has 3 nitrogen and oxygen atoms in total. The van der Waals surface area contributed by atoms with Gasteiger partial charge in [-0.1, -0.05) is 13.8 Å². The van der Waals surface area contributed by atoms with E-state index in [4.69, 9.17) is 4.74 Å². The van der Waals surface area contributed by atoms with E-state index in [0.29, 0.717) is 0 Å². The lowest BCUT2D eigenvalue weighted by atomic mass is 9.87. The van der Waals surface area contributed by atoms with E-state index in [-0.39, 0.29) is 22.9 Å². The maximum Gasteiger partial charge on any atom is 0.136 e. The predicted octanol–water partition coefficient (Wildman–Crippen LogP) is 2.10. The molecule has 0 N–H and O–H groups in total. The van der Waals surface area contributed by atoms with E-state index in [2.05, 4.69) is 25.7 Å². The SMILES string of the molecule is CC(=O)C(C)(C)CN1CC(C)OC(C)(C)C1. The summed E-state index contributed by atoms with van der Waals surface area (Å²) in [5, 5.41) is 0. The van der Waals surface area contributed by atoms with Crippen molar-refractivity contribution in [2.24, 2.45) is 5.41 Å². The third kappa shape index (κ3) is 3.56. The highest BCUT2D eigenvalue weighted by atomic mass is 16.5. The molecule has 0 radical (unpaired) electrons. The summed E-state index contributed by atoms with van der Waals surface area (Å²) in [6, 6.07) is 0. The van der Waals surface area contributed by atoms with Crippen molar-refractivity contribution in [3.63, 3.8) is 0 Å². The van der Waals surface area contributed by atoms with Crippen molar-refractivity contribution in [2.45, 2.75) is 53.2 Å². The van der Waals surface area contributed by atoms with Gasteiger partial charge in [0, 0.05) is 25.0 Å². The summed E-state index contributed by atoms with van der Waals surface area (Å²) in [6.45, 7) is 14.6. The molecule has 0 aromatic carbocycles. The second-order valence-electron chi connectivity index (χ2n) is 6.30. The van der Waals surface area contributed by atoms with Gasteiger partial charge in [0.2, 0.25) is 0 Å². The van der Waals surface area contributed by atoms with Crippen molar-refractivity contribution in [1.29, 1.82) is 0 Å². The van der Waals surface area contributed by atoms with Gasteiger partial charge in [0.05, 0.1) is 11.7 Å². The summed E-state index contributed by atoms with van der Waals surface area (Å²) in [5.41, 5.74) is -0.363. The molecule has 1 rings (SSSR count). The summed E-state index contributed by atoms with van der Waals surface area (Å²) in [4.78, 5) is 13.9. The van der Waals surface area contributed by atoms with Crippen LogP contribution in [0.1, 0.15) is 41.5 Å². The van der Waals surface area contributed by atoms with Gasteiger partial charge in [-0.3, -0.25) is 9.69 Å². The monoisotopic (exact) mass is 227 g/mol. The van der Waals surface area contributed by atoms with E-state index >= 15 is 0 Å². The summed E-state index contributed by atoms with van der Waals surface area (Å²) in [5.74, 6) is 0.254. The molecule has 0 saturated carbocycles. The molecule has 1 fully saturated rings. The molecule has 0 amide bonds. The smallest absolute Gasteiger partial charge is 0.136 e. The summed E-state index contributed by atoms with van der Waals surface area (Å²) < 4.78 is 5.85. The number of morpholine rings is 1. The number of Topliss-reactive ketones (excluding diaryl/α,β-unsaturated/α-hetero) is 1. The van der Waals surface area contributed by atoms with Crippen LogP contribution in [-0.4, -0.2) is 42.0 Å². The Kier molecular flexibility index (Phi) is 3.80. The Labute approximate surface area is 99.1 Å². The van der Waals surface area contributed by atoms with E-state index < -0.39 is 0 Å². The largest absolute Gasteiger partial charge is 0.370 e. The molecule has 1 atom stereocenters. The van der Waals surface area contributed by atoms with Gasteiger partial charge < -0.3 is 4.74 Å². The summed E-state index contributed by atoms with van der Waals surface area (Å²) >= 11 is 0. The van der Waals surface area contributed by atoms with Crippen LogP contribution in [-0.2, 0) is 9.53 Å². The Bertz CT molecular complexity index is 271. The zero-order chi connectivity index (χ0) is 12.6. The number of rotatable bonds is 3. The van der Waals surface area contributed by atoms with Crippen LogP contribution >= 0.6 is 0 Å². The average Bonchev–Trinajstić information content (AvgIpc) is 1.97. The number of nitrogens with zero attached hydrogens (tertiary/aromatic N) is 1. The van der Waals surface area contributed by atoms with Crippen LogP contribution in [0.2, 0.25) is 0 Å². The first-order valence-corrected chi connectivity index (χ1v) is 6.04. The summed E-state index contributed by atoms with van der Waals surface area (Å²) in [7, 11) is 0. The van der Waals surface area contributed by atoms with Gasteiger partial charge in [-0.25, -0.2) is 0 Å². The van der Waals surface area contributed by atoms with Crippen molar-refractivity contribution in [3.8, 4) is 0 Å². The lowest BCUT2D eigenvalue weighted by Crippen LogP contribution is -2.54. The zero-order valence-corrected chi connectivity index (χ0v) is 11.5. The quantitative estimate of drug-likeness (QED) is 0.739. The molecule has 94 valence electrons. The molecule has 1 unspecified atom stereocenters. The van der Waals surface area contributed by atoms with Crippen LogP contribution in [0.3, 0.4) is 0 Å². The van der Waals surface area contributed by atoms with Crippen molar-refractivity contribution in [1.82, 2.24) is 4.90 Å². The molecule has 1 aliphatic heterocycles. The van der Waals surface area contributed by atoms with Gasteiger partial charge in [0.25, 0.3) is 0 Å². The molecular formula is C13H25NO2. The molecule has 0 bridgehead atoms. The minimum atomic E-state index is -0.257. The fourth-order valence-corrected chi connectivity index (χ4v) is 2.38.